The summed E-state index contributed by atoms with van der Waals surface area (Å²) in [5.41, 5.74) is 3.11. The van der Waals surface area contributed by atoms with E-state index in [9.17, 15) is 5.11 Å². The number of nitrogens with one attached hydrogen (secondary N) is 1. The first kappa shape index (κ1) is 12.8. The first-order chi connectivity index (χ1) is 8.69. The van der Waals surface area contributed by atoms with Crippen LogP contribution in [0.2, 0.25) is 0 Å². The van der Waals surface area contributed by atoms with Crippen molar-refractivity contribution in [2.75, 3.05) is 13.7 Å². The van der Waals surface area contributed by atoms with Crippen LogP contribution in [0.25, 0.3) is 11.1 Å². The lowest BCUT2D eigenvalue weighted by atomic mass is 9.91. The molecule has 0 fully saturated rings. The fraction of sp³-hybridized carbons (Fsp3) is 0.250. The van der Waals surface area contributed by atoms with Gasteiger partial charge in [-0.05, 0) is 30.7 Å². The zero-order chi connectivity index (χ0) is 13.0. The summed E-state index contributed by atoms with van der Waals surface area (Å²) in [5.74, 6) is 0. The zero-order valence-electron chi connectivity index (χ0n) is 10.9. The fourth-order valence-electron chi connectivity index (χ4n) is 1.98. The molecule has 2 N–H and O–H groups in total. The van der Waals surface area contributed by atoms with Gasteiger partial charge in [0, 0.05) is 0 Å². The molecular formula is C16H19NO. The summed E-state index contributed by atoms with van der Waals surface area (Å²) in [6, 6.07) is 18.6. The van der Waals surface area contributed by atoms with Gasteiger partial charge in [0.2, 0.25) is 0 Å². The first-order valence-corrected chi connectivity index (χ1v) is 6.15. The highest BCUT2D eigenvalue weighted by molar-refractivity contribution is 5.63. The molecule has 0 aromatic heterocycles. The van der Waals surface area contributed by atoms with Crippen LogP contribution in [0.15, 0.2) is 54.6 Å². The van der Waals surface area contributed by atoms with Gasteiger partial charge in [0.25, 0.3) is 0 Å². The number of hydrogen-bond donors (Lipinski definition) is 2. The fourth-order valence-corrected chi connectivity index (χ4v) is 1.98. The van der Waals surface area contributed by atoms with Crippen LogP contribution in [0.5, 0.6) is 0 Å². The van der Waals surface area contributed by atoms with Crippen LogP contribution in [0, 0.1) is 0 Å². The lowest BCUT2D eigenvalue weighted by Gasteiger charge is -2.27. The van der Waals surface area contributed by atoms with E-state index in [0.717, 1.165) is 5.56 Å². The zero-order valence-corrected chi connectivity index (χ0v) is 10.9. The summed E-state index contributed by atoms with van der Waals surface area (Å²) in [7, 11) is 1.86. The molecule has 2 rings (SSSR count). The normalized spacial score (nSPS) is 14.2. The van der Waals surface area contributed by atoms with Crippen LogP contribution < -0.4 is 5.32 Å². The molecule has 0 spiro atoms. The third-order valence-corrected chi connectivity index (χ3v) is 3.50. The van der Waals surface area contributed by atoms with E-state index in [1.165, 1.54) is 11.1 Å². The maximum atomic E-state index is 9.46. The molecule has 94 valence electrons. The van der Waals surface area contributed by atoms with E-state index in [0.29, 0.717) is 0 Å². The smallest absolute Gasteiger partial charge is 0.0652 e. The van der Waals surface area contributed by atoms with Crippen LogP contribution in [0.1, 0.15) is 12.5 Å². The summed E-state index contributed by atoms with van der Waals surface area (Å²) in [4.78, 5) is 0. The van der Waals surface area contributed by atoms with Gasteiger partial charge in [-0.25, -0.2) is 0 Å². The maximum absolute atomic E-state index is 9.46. The van der Waals surface area contributed by atoms with Gasteiger partial charge in [-0.1, -0.05) is 54.6 Å². The quantitative estimate of drug-likeness (QED) is 0.862. The van der Waals surface area contributed by atoms with Gasteiger partial charge in [0.1, 0.15) is 0 Å². The van der Waals surface area contributed by atoms with Crippen molar-refractivity contribution >= 4 is 0 Å². The van der Waals surface area contributed by atoms with E-state index in [4.69, 9.17) is 0 Å². The number of rotatable bonds is 4. The molecule has 1 unspecified atom stereocenters. The van der Waals surface area contributed by atoms with Gasteiger partial charge in [0.15, 0.2) is 0 Å². The van der Waals surface area contributed by atoms with Crippen molar-refractivity contribution in [2.45, 2.75) is 12.5 Å². The van der Waals surface area contributed by atoms with Crippen LogP contribution in [0.3, 0.4) is 0 Å². The SMILES string of the molecule is CNC(C)(CO)c1ccc(-c2ccccc2)cc1. The Labute approximate surface area is 108 Å². The molecule has 0 saturated carbocycles. The molecule has 0 heterocycles. The minimum absolute atomic E-state index is 0.0776. The van der Waals surface area contributed by atoms with E-state index in [1.54, 1.807) is 0 Å². The summed E-state index contributed by atoms with van der Waals surface area (Å²) in [6.45, 7) is 2.07. The molecule has 0 radical (unpaired) electrons. The second-order valence-corrected chi connectivity index (χ2v) is 4.68. The minimum atomic E-state index is -0.380. The second kappa shape index (κ2) is 5.34. The highest BCUT2D eigenvalue weighted by Gasteiger charge is 2.22. The van der Waals surface area contributed by atoms with Crippen LogP contribution >= 0.6 is 0 Å². The average Bonchev–Trinajstić information content (AvgIpc) is 2.47. The first-order valence-electron chi connectivity index (χ1n) is 6.15. The number of hydrogen-bond acceptors (Lipinski definition) is 2. The molecule has 1 atom stereocenters. The van der Waals surface area contributed by atoms with Gasteiger partial charge in [0.05, 0.1) is 12.1 Å². The Morgan fingerprint density at radius 2 is 1.50 bits per heavy atom. The predicted molar refractivity (Wildman–Crippen MR) is 75.4 cm³/mol. The standard InChI is InChI=1S/C16H19NO/c1-16(12-18,17-2)15-10-8-14(9-11-15)13-6-4-3-5-7-13/h3-11,17-18H,12H2,1-2H3. The Morgan fingerprint density at radius 1 is 0.944 bits per heavy atom. The Bertz CT molecular complexity index is 486. The number of likely N-dealkylation sites (N-methyl/N-ethyl adjacent to an activating group) is 1. The van der Waals surface area contributed by atoms with Crippen molar-refractivity contribution in [3.63, 3.8) is 0 Å². The van der Waals surface area contributed by atoms with Crippen LogP contribution in [-0.2, 0) is 5.54 Å². The topological polar surface area (TPSA) is 32.3 Å². The molecule has 2 nitrogen and oxygen atoms in total. The Hall–Kier alpha value is -1.64. The van der Waals surface area contributed by atoms with Gasteiger partial charge < -0.3 is 10.4 Å². The minimum Gasteiger partial charge on any atom is -0.394 e. The summed E-state index contributed by atoms with van der Waals surface area (Å²) >= 11 is 0. The Balaban J connectivity index is 2.31. The molecule has 0 saturated heterocycles. The molecule has 0 bridgehead atoms. The lowest BCUT2D eigenvalue weighted by molar-refractivity contribution is 0.183. The summed E-state index contributed by atoms with van der Waals surface area (Å²) in [6.07, 6.45) is 0. The number of aliphatic hydroxyl groups excluding tert-OH is 1. The van der Waals surface area contributed by atoms with Crippen LogP contribution in [0.4, 0.5) is 0 Å². The van der Waals surface area contributed by atoms with Crippen molar-refractivity contribution in [3.8, 4) is 11.1 Å². The monoisotopic (exact) mass is 241 g/mol. The van der Waals surface area contributed by atoms with E-state index >= 15 is 0 Å². The third-order valence-electron chi connectivity index (χ3n) is 3.50. The van der Waals surface area contributed by atoms with E-state index < -0.39 is 0 Å². The molecule has 2 heteroatoms. The maximum Gasteiger partial charge on any atom is 0.0652 e. The van der Waals surface area contributed by atoms with Gasteiger partial charge >= 0.3 is 0 Å². The second-order valence-electron chi connectivity index (χ2n) is 4.68. The van der Waals surface area contributed by atoms with E-state index in [-0.39, 0.29) is 12.1 Å². The van der Waals surface area contributed by atoms with Crippen LogP contribution in [-0.4, -0.2) is 18.8 Å². The lowest BCUT2D eigenvalue weighted by Crippen LogP contribution is -2.40. The van der Waals surface area contributed by atoms with Crippen molar-refractivity contribution in [3.05, 3.63) is 60.2 Å². The highest BCUT2D eigenvalue weighted by atomic mass is 16.3. The van der Waals surface area contributed by atoms with Crippen molar-refractivity contribution in [2.24, 2.45) is 0 Å². The molecule has 2 aromatic carbocycles. The molecule has 0 aliphatic heterocycles. The largest absolute Gasteiger partial charge is 0.394 e. The highest BCUT2D eigenvalue weighted by Crippen LogP contribution is 2.24. The number of benzene rings is 2. The van der Waals surface area contributed by atoms with Crippen molar-refractivity contribution in [1.29, 1.82) is 0 Å². The van der Waals surface area contributed by atoms with E-state index in [1.807, 2.05) is 32.2 Å². The molecule has 2 aromatic rings. The summed E-state index contributed by atoms with van der Waals surface area (Å²) in [5, 5.41) is 12.6. The molecule has 0 aliphatic carbocycles. The average molecular weight is 241 g/mol. The summed E-state index contributed by atoms with van der Waals surface area (Å²) < 4.78 is 0. The van der Waals surface area contributed by atoms with E-state index in [2.05, 4.69) is 41.7 Å². The van der Waals surface area contributed by atoms with Gasteiger partial charge in [-0.15, -0.1) is 0 Å². The molecule has 0 amide bonds. The predicted octanol–water partition coefficient (Wildman–Crippen LogP) is 2.78. The Morgan fingerprint density at radius 3 is 2.00 bits per heavy atom. The van der Waals surface area contributed by atoms with Gasteiger partial charge in [-0.3, -0.25) is 0 Å². The van der Waals surface area contributed by atoms with Crippen molar-refractivity contribution < 1.29 is 5.11 Å². The Kier molecular flexibility index (Phi) is 3.80. The van der Waals surface area contributed by atoms with Crippen molar-refractivity contribution in [1.82, 2.24) is 5.32 Å². The third kappa shape index (κ3) is 2.45. The molecule has 18 heavy (non-hydrogen) atoms. The number of aliphatic hydroxyl groups is 1. The molecule has 0 aliphatic rings. The van der Waals surface area contributed by atoms with Gasteiger partial charge in [-0.2, -0.15) is 0 Å². The molecular weight excluding hydrogens is 222 g/mol.